The highest BCUT2D eigenvalue weighted by molar-refractivity contribution is 5.68. The van der Waals surface area contributed by atoms with Gasteiger partial charge in [0, 0.05) is 20.0 Å². The molecule has 1 aliphatic heterocycles. The minimum Gasteiger partial charge on any atom is -0.383 e. The summed E-state index contributed by atoms with van der Waals surface area (Å²) in [6.07, 6.45) is 3.91. The van der Waals surface area contributed by atoms with Gasteiger partial charge in [-0.05, 0) is 12.3 Å². The third-order valence-electron chi connectivity index (χ3n) is 3.43. The number of aromatic nitrogens is 5. The molecule has 0 bridgehead atoms. The number of fused-ring (bicyclic) bond motifs is 1. The number of hydrogen-bond donors (Lipinski definition) is 1. The molecule has 6 heteroatoms. The van der Waals surface area contributed by atoms with E-state index in [1.165, 1.54) is 0 Å². The number of nitrogens with zero attached hydrogens (tertiary/aromatic N) is 5. The normalized spacial score (nSPS) is 19.3. The van der Waals surface area contributed by atoms with Crippen molar-refractivity contribution in [2.75, 3.05) is 5.73 Å². The predicted octanol–water partition coefficient (Wildman–Crippen LogP) is 0.843. The van der Waals surface area contributed by atoms with Crippen molar-refractivity contribution in [3.05, 3.63) is 12.0 Å². The van der Waals surface area contributed by atoms with Crippen molar-refractivity contribution in [1.29, 1.82) is 0 Å². The Balaban J connectivity index is 2.08. The summed E-state index contributed by atoms with van der Waals surface area (Å²) in [4.78, 5) is 0. The molecule has 6 nitrogen and oxygen atoms in total. The quantitative estimate of drug-likeness (QED) is 0.790. The maximum Gasteiger partial charge on any atom is 0.169 e. The number of aryl methyl sites for hydroxylation is 1. The Hall–Kier alpha value is -1.85. The first kappa shape index (κ1) is 10.3. The molecule has 0 saturated heterocycles. The van der Waals surface area contributed by atoms with Gasteiger partial charge in [-0.25, -0.2) is 0 Å². The molecule has 0 amide bonds. The molecule has 17 heavy (non-hydrogen) atoms. The minimum atomic E-state index is 0.638. The van der Waals surface area contributed by atoms with Gasteiger partial charge < -0.3 is 10.3 Å². The standard InChI is InChI=1S/C11H16N6/c1-7-3-4-17-9(5-7)14-15-11(17)8-6-13-16(2)10(8)12/h6-7H,3-5,12H2,1-2H3. The highest BCUT2D eigenvalue weighted by atomic mass is 15.3. The first-order chi connectivity index (χ1) is 8.16. The van der Waals surface area contributed by atoms with Crippen molar-refractivity contribution in [3.8, 4) is 11.4 Å². The molecule has 0 aliphatic carbocycles. The van der Waals surface area contributed by atoms with Crippen LogP contribution in [0.2, 0.25) is 0 Å². The largest absolute Gasteiger partial charge is 0.383 e. The first-order valence-electron chi connectivity index (χ1n) is 5.86. The van der Waals surface area contributed by atoms with Crippen molar-refractivity contribution < 1.29 is 0 Å². The Labute approximate surface area is 99.4 Å². The average molecular weight is 232 g/mol. The molecule has 0 fully saturated rings. The topological polar surface area (TPSA) is 74.5 Å². The van der Waals surface area contributed by atoms with E-state index in [1.807, 2.05) is 7.05 Å². The van der Waals surface area contributed by atoms with Crippen molar-refractivity contribution in [3.63, 3.8) is 0 Å². The van der Waals surface area contributed by atoms with Gasteiger partial charge >= 0.3 is 0 Å². The first-order valence-corrected chi connectivity index (χ1v) is 5.86. The van der Waals surface area contributed by atoms with Crippen LogP contribution in [0.25, 0.3) is 11.4 Å². The fraction of sp³-hybridized carbons (Fsp3) is 0.545. The van der Waals surface area contributed by atoms with E-state index in [2.05, 4.69) is 26.8 Å². The van der Waals surface area contributed by atoms with Gasteiger partial charge in [-0.15, -0.1) is 10.2 Å². The molecule has 3 rings (SSSR count). The lowest BCUT2D eigenvalue weighted by Crippen LogP contribution is -2.18. The van der Waals surface area contributed by atoms with E-state index in [1.54, 1.807) is 10.9 Å². The Morgan fingerprint density at radius 3 is 2.94 bits per heavy atom. The number of hydrogen-bond acceptors (Lipinski definition) is 4. The van der Waals surface area contributed by atoms with Crippen LogP contribution in [-0.4, -0.2) is 24.5 Å². The molecule has 2 N–H and O–H groups in total. The van der Waals surface area contributed by atoms with Crippen LogP contribution in [0.15, 0.2) is 6.20 Å². The zero-order valence-corrected chi connectivity index (χ0v) is 10.1. The molecule has 0 spiro atoms. The van der Waals surface area contributed by atoms with E-state index in [0.29, 0.717) is 11.7 Å². The van der Waals surface area contributed by atoms with Gasteiger partial charge in [0.15, 0.2) is 5.82 Å². The fourth-order valence-electron chi connectivity index (χ4n) is 2.30. The van der Waals surface area contributed by atoms with E-state index in [9.17, 15) is 0 Å². The Morgan fingerprint density at radius 2 is 2.24 bits per heavy atom. The fourth-order valence-corrected chi connectivity index (χ4v) is 2.30. The van der Waals surface area contributed by atoms with E-state index in [-0.39, 0.29) is 0 Å². The zero-order valence-electron chi connectivity index (χ0n) is 10.1. The van der Waals surface area contributed by atoms with Crippen LogP contribution < -0.4 is 5.73 Å². The summed E-state index contributed by atoms with van der Waals surface area (Å²) >= 11 is 0. The van der Waals surface area contributed by atoms with Gasteiger partial charge in [0.25, 0.3) is 0 Å². The predicted molar refractivity (Wildman–Crippen MR) is 64.1 cm³/mol. The van der Waals surface area contributed by atoms with Gasteiger partial charge in [-0.3, -0.25) is 4.68 Å². The van der Waals surface area contributed by atoms with Crippen LogP contribution >= 0.6 is 0 Å². The SMILES string of the molecule is CC1CCn2c(nnc2-c2cnn(C)c2N)C1. The molecular formula is C11H16N6. The molecule has 1 atom stereocenters. The second kappa shape index (κ2) is 3.58. The van der Waals surface area contributed by atoms with Crippen molar-refractivity contribution in [1.82, 2.24) is 24.5 Å². The van der Waals surface area contributed by atoms with Crippen molar-refractivity contribution in [2.45, 2.75) is 26.3 Å². The van der Waals surface area contributed by atoms with Crippen LogP contribution in [0.4, 0.5) is 5.82 Å². The van der Waals surface area contributed by atoms with E-state index in [0.717, 1.165) is 36.6 Å². The van der Waals surface area contributed by atoms with Crippen LogP contribution in [0.3, 0.4) is 0 Å². The zero-order chi connectivity index (χ0) is 12.0. The average Bonchev–Trinajstić information content (AvgIpc) is 2.84. The molecule has 2 aromatic rings. The van der Waals surface area contributed by atoms with Crippen LogP contribution in [0, 0.1) is 5.92 Å². The summed E-state index contributed by atoms with van der Waals surface area (Å²) < 4.78 is 3.82. The molecule has 0 aromatic carbocycles. The lowest BCUT2D eigenvalue weighted by atomic mass is 10.0. The maximum absolute atomic E-state index is 5.97. The smallest absolute Gasteiger partial charge is 0.169 e. The van der Waals surface area contributed by atoms with E-state index >= 15 is 0 Å². The summed E-state index contributed by atoms with van der Waals surface area (Å²) in [7, 11) is 1.83. The van der Waals surface area contributed by atoms with Gasteiger partial charge in [-0.1, -0.05) is 6.92 Å². The summed E-state index contributed by atoms with van der Waals surface area (Å²) in [6, 6.07) is 0. The molecule has 90 valence electrons. The third-order valence-corrected chi connectivity index (χ3v) is 3.43. The van der Waals surface area contributed by atoms with Gasteiger partial charge in [0.05, 0.1) is 11.8 Å². The second-order valence-electron chi connectivity index (χ2n) is 4.76. The molecule has 3 heterocycles. The Morgan fingerprint density at radius 1 is 1.41 bits per heavy atom. The highest BCUT2D eigenvalue weighted by Crippen LogP contribution is 2.28. The van der Waals surface area contributed by atoms with Crippen molar-refractivity contribution in [2.24, 2.45) is 13.0 Å². The minimum absolute atomic E-state index is 0.638. The van der Waals surface area contributed by atoms with Gasteiger partial charge in [0.1, 0.15) is 11.6 Å². The summed E-state index contributed by atoms with van der Waals surface area (Å²) in [5, 5.41) is 12.7. The second-order valence-corrected chi connectivity index (χ2v) is 4.76. The van der Waals surface area contributed by atoms with Gasteiger partial charge in [0.2, 0.25) is 0 Å². The third kappa shape index (κ3) is 1.51. The molecule has 2 aromatic heterocycles. The molecule has 1 aliphatic rings. The van der Waals surface area contributed by atoms with Crippen LogP contribution in [0.5, 0.6) is 0 Å². The Kier molecular flexibility index (Phi) is 2.17. The van der Waals surface area contributed by atoms with Gasteiger partial charge in [-0.2, -0.15) is 5.10 Å². The van der Waals surface area contributed by atoms with E-state index in [4.69, 9.17) is 5.73 Å². The monoisotopic (exact) mass is 232 g/mol. The summed E-state index contributed by atoms with van der Waals surface area (Å²) in [6.45, 7) is 3.21. The molecule has 0 saturated carbocycles. The lowest BCUT2D eigenvalue weighted by molar-refractivity contribution is 0.411. The molecule has 0 radical (unpaired) electrons. The maximum atomic E-state index is 5.97. The highest BCUT2D eigenvalue weighted by Gasteiger charge is 2.22. The van der Waals surface area contributed by atoms with Crippen LogP contribution in [-0.2, 0) is 20.0 Å². The summed E-state index contributed by atoms with van der Waals surface area (Å²) in [5.74, 6) is 3.23. The number of anilines is 1. The Bertz CT molecular complexity index is 552. The lowest BCUT2D eigenvalue weighted by Gasteiger charge is -2.19. The number of nitrogen functional groups attached to an aromatic ring is 1. The molecule has 1 unspecified atom stereocenters. The number of nitrogens with two attached hydrogens (primary N) is 1. The summed E-state index contributed by atoms with van der Waals surface area (Å²) in [5.41, 5.74) is 6.85. The van der Waals surface area contributed by atoms with E-state index < -0.39 is 0 Å². The van der Waals surface area contributed by atoms with Crippen molar-refractivity contribution >= 4 is 5.82 Å². The van der Waals surface area contributed by atoms with Crippen LogP contribution in [0.1, 0.15) is 19.2 Å². The number of rotatable bonds is 1. The molecular weight excluding hydrogens is 216 g/mol.